The van der Waals surface area contributed by atoms with Crippen molar-refractivity contribution in [2.45, 2.75) is 52.4 Å². The molecule has 0 fully saturated rings. The van der Waals surface area contributed by atoms with Gasteiger partial charge in [0.15, 0.2) is 0 Å². The van der Waals surface area contributed by atoms with E-state index in [-0.39, 0.29) is 5.57 Å². The van der Waals surface area contributed by atoms with E-state index in [1.165, 1.54) is 12.5 Å². The van der Waals surface area contributed by atoms with E-state index in [0.717, 1.165) is 25.7 Å². The molecular weight excluding hydrogens is 256 g/mol. The Kier molecular flexibility index (Phi) is 5.99. The standard InChI is InChI=1S/C16H24O4/c1-3-4-5-6-7-11-16(2)12(14(17)18)9-8-10-13(16)15(19)20/h8-10,12H,3-7,11H2,1-2H3,(H,17,18)(H,19,20). The molecule has 0 radical (unpaired) electrons. The zero-order valence-electron chi connectivity index (χ0n) is 12.3. The van der Waals surface area contributed by atoms with Crippen LogP contribution in [0.15, 0.2) is 23.8 Å². The van der Waals surface area contributed by atoms with Gasteiger partial charge in [-0.3, -0.25) is 4.79 Å². The largest absolute Gasteiger partial charge is 0.481 e. The van der Waals surface area contributed by atoms with Crippen LogP contribution in [0.2, 0.25) is 0 Å². The maximum atomic E-state index is 11.4. The molecule has 2 atom stereocenters. The lowest BCUT2D eigenvalue weighted by molar-refractivity contribution is -0.144. The van der Waals surface area contributed by atoms with Gasteiger partial charge in [0.25, 0.3) is 0 Å². The predicted octanol–water partition coefficient (Wildman–Crippen LogP) is 3.63. The highest BCUT2D eigenvalue weighted by Crippen LogP contribution is 2.44. The normalized spacial score (nSPS) is 25.3. The first-order valence-corrected chi connectivity index (χ1v) is 7.28. The van der Waals surface area contributed by atoms with Crippen LogP contribution in [-0.2, 0) is 9.59 Å². The number of aliphatic carboxylic acids is 2. The molecule has 0 aromatic rings. The Balaban J connectivity index is 2.81. The van der Waals surface area contributed by atoms with Gasteiger partial charge < -0.3 is 10.2 Å². The summed E-state index contributed by atoms with van der Waals surface area (Å²) in [5.41, 5.74) is -0.610. The summed E-state index contributed by atoms with van der Waals surface area (Å²) in [5.74, 6) is -2.73. The maximum Gasteiger partial charge on any atom is 0.332 e. The van der Waals surface area contributed by atoms with E-state index in [0.29, 0.717) is 6.42 Å². The van der Waals surface area contributed by atoms with Gasteiger partial charge in [0, 0.05) is 11.0 Å². The summed E-state index contributed by atoms with van der Waals surface area (Å²) >= 11 is 0. The molecule has 0 aromatic carbocycles. The van der Waals surface area contributed by atoms with Crippen LogP contribution in [0.4, 0.5) is 0 Å². The van der Waals surface area contributed by atoms with Crippen LogP contribution >= 0.6 is 0 Å². The molecule has 112 valence electrons. The van der Waals surface area contributed by atoms with Crippen molar-refractivity contribution in [3.63, 3.8) is 0 Å². The number of hydrogen-bond donors (Lipinski definition) is 2. The Morgan fingerprint density at radius 1 is 1.20 bits per heavy atom. The average molecular weight is 280 g/mol. The van der Waals surface area contributed by atoms with E-state index in [4.69, 9.17) is 0 Å². The molecular formula is C16H24O4. The highest BCUT2D eigenvalue weighted by atomic mass is 16.4. The summed E-state index contributed by atoms with van der Waals surface area (Å²) in [4.78, 5) is 22.8. The minimum atomic E-state index is -1.02. The first-order valence-electron chi connectivity index (χ1n) is 7.28. The van der Waals surface area contributed by atoms with Crippen LogP contribution < -0.4 is 0 Å². The number of hydrogen-bond acceptors (Lipinski definition) is 2. The Morgan fingerprint density at radius 3 is 2.40 bits per heavy atom. The molecule has 0 spiro atoms. The maximum absolute atomic E-state index is 11.4. The molecule has 0 saturated carbocycles. The monoisotopic (exact) mass is 280 g/mol. The molecule has 1 aliphatic carbocycles. The molecule has 0 amide bonds. The molecule has 0 aliphatic heterocycles. The van der Waals surface area contributed by atoms with Crippen molar-refractivity contribution in [3.05, 3.63) is 23.8 Å². The molecule has 0 aromatic heterocycles. The van der Waals surface area contributed by atoms with Gasteiger partial charge in [0.05, 0.1) is 5.92 Å². The van der Waals surface area contributed by atoms with Crippen LogP contribution in [0.1, 0.15) is 52.4 Å². The van der Waals surface area contributed by atoms with Gasteiger partial charge >= 0.3 is 11.9 Å². The van der Waals surface area contributed by atoms with Gasteiger partial charge in [0.1, 0.15) is 0 Å². The van der Waals surface area contributed by atoms with Crippen molar-refractivity contribution < 1.29 is 19.8 Å². The zero-order valence-corrected chi connectivity index (χ0v) is 12.3. The second-order valence-electron chi connectivity index (χ2n) is 5.67. The van der Waals surface area contributed by atoms with E-state index in [9.17, 15) is 19.8 Å². The SMILES string of the molecule is CCCCCCCC1(C)C(C(=O)O)=CC=CC1C(=O)O. The van der Waals surface area contributed by atoms with Crippen molar-refractivity contribution in [1.82, 2.24) is 0 Å². The quantitative estimate of drug-likeness (QED) is 0.666. The fourth-order valence-corrected chi connectivity index (χ4v) is 2.89. The summed E-state index contributed by atoms with van der Waals surface area (Å²) in [6.07, 6.45) is 10.6. The lowest BCUT2D eigenvalue weighted by atomic mass is 9.66. The van der Waals surface area contributed by atoms with Crippen LogP contribution in [0, 0.1) is 11.3 Å². The van der Waals surface area contributed by atoms with Gasteiger partial charge in [0.2, 0.25) is 0 Å². The summed E-state index contributed by atoms with van der Waals surface area (Å²) < 4.78 is 0. The van der Waals surface area contributed by atoms with Crippen molar-refractivity contribution in [1.29, 1.82) is 0 Å². The number of carboxylic acid groups (broad SMARTS) is 2. The minimum absolute atomic E-state index is 0.211. The second kappa shape index (κ2) is 7.27. The van der Waals surface area contributed by atoms with Crippen LogP contribution in [-0.4, -0.2) is 22.2 Å². The molecule has 1 rings (SSSR count). The number of unbranched alkanes of at least 4 members (excludes halogenated alkanes) is 4. The molecule has 0 saturated heterocycles. The summed E-state index contributed by atoms with van der Waals surface area (Å²) in [6, 6.07) is 0. The number of carbonyl (C=O) groups is 2. The lowest BCUT2D eigenvalue weighted by Gasteiger charge is -2.36. The van der Waals surface area contributed by atoms with E-state index < -0.39 is 23.3 Å². The van der Waals surface area contributed by atoms with E-state index in [1.54, 1.807) is 19.1 Å². The first kappa shape index (κ1) is 16.5. The molecule has 0 heterocycles. The van der Waals surface area contributed by atoms with Crippen molar-refractivity contribution in [2.75, 3.05) is 0 Å². The Labute approximate surface area is 120 Å². The third-order valence-electron chi connectivity index (χ3n) is 4.16. The average Bonchev–Trinajstić information content (AvgIpc) is 2.37. The van der Waals surface area contributed by atoms with Gasteiger partial charge in [-0.15, -0.1) is 0 Å². The van der Waals surface area contributed by atoms with Gasteiger partial charge in [-0.05, 0) is 6.42 Å². The Hall–Kier alpha value is -1.58. The molecule has 20 heavy (non-hydrogen) atoms. The Morgan fingerprint density at radius 2 is 1.85 bits per heavy atom. The van der Waals surface area contributed by atoms with Gasteiger partial charge in [-0.1, -0.05) is 64.2 Å². The number of rotatable bonds is 8. The third kappa shape index (κ3) is 3.71. The number of allylic oxidation sites excluding steroid dienone is 2. The smallest absolute Gasteiger partial charge is 0.332 e. The molecule has 2 unspecified atom stereocenters. The summed E-state index contributed by atoms with van der Waals surface area (Å²) in [7, 11) is 0. The molecule has 0 bridgehead atoms. The first-order chi connectivity index (χ1) is 9.43. The van der Waals surface area contributed by atoms with E-state index >= 15 is 0 Å². The minimum Gasteiger partial charge on any atom is -0.481 e. The number of carboxylic acids is 2. The fourth-order valence-electron chi connectivity index (χ4n) is 2.89. The van der Waals surface area contributed by atoms with Crippen LogP contribution in [0.3, 0.4) is 0 Å². The fraction of sp³-hybridized carbons (Fsp3) is 0.625. The zero-order chi connectivity index (χ0) is 15.2. The van der Waals surface area contributed by atoms with E-state index in [2.05, 4.69) is 6.92 Å². The molecule has 4 heteroatoms. The lowest BCUT2D eigenvalue weighted by Crippen LogP contribution is -2.38. The second-order valence-corrected chi connectivity index (χ2v) is 5.67. The van der Waals surface area contributed by atoms with Crippen molar-refractivity contribution >= 4 is 11.9 Å². The molecule has 4 nitrogen and oxygen atoms in total. The predicted molar refractivity (Wildman–Crippen MR) is 77.5 cm³/mol. The van der Waals surface area contributed by atoms with Gasteiger partial charge in [-0.25, -0.2) is 4.79 Å². The van der Waals surface area contributed by atoms with E-state index in [1.807, 2.05) is 0 Å². The van der Waals surface area contributed by atoms with Crippen LogP contribution in [0.5, 0.6) is 0 Å². The highest BCUT2D eigenvalue weighted by Gasteiger charge is 2.44. The van der Waals surface area contributed by atoms with Crippen molar-refractivity contribution in [3.8, 4) is 0 Å². The summed E-state index contributed by atoms with van der Waals surface area (Å²) in [6.45, 7) is 3.90. The molecule has 2 N–H and O–H groups in total. The van der Waals surface area contributed by atoms with Crippen LogP contribution in [0.25, 0.3) is 0 Å². The highest BCUT2D eigenvalue weighted by molar-refractivity contribution is 5.91. The van der Waals surface area contributed by atoms with Gasteiger partial charge in [-0.2, -0.15) is 0 Å². The molecule has 1 aliphatic rings. The third-order valence-corrected chi connectivity index (χ3v) is 4.16. The topological polar surface area (TPSA) is 74.6 Å². The van der Waals surface area contributed by atoms with Crippen molar-refractivity contribution in [2.24, 2.45) is 11.3 Å². The Bertz CT molecular complexity index is 422. The summed E-state index contributed by atoms with van der Waals surface area (Å²) in [5, 5.41) is 18.7.